The van der Waals surface area contributed by atoms with E-state index in [-0.39, 0.29) is 0 Å². The molecule has 0 spiro atoms. The molecule has 0 rings (SSSR count). The topological polar surface area (TPSA) is 98.2 Å². The largest absolute Gasteiger partial charge is 0.300 e. The van der Waals surface area contributed by atoms with Crippen LogP contribution in [0.4, 0.5) is 0 Å². The van der Waals surface area contributed by atoms with Crippen LogP contribution in [0.3, 0.4) is 0 Å². The zero-order valence-corrected chi connectivity index (χ0v) is 9.74. The van der Waals surface area contributed by atoms with Crippen LogP contribution in [0.15, 0.2) is 0 Å². The normalized spacial score (nSPS) is 12.7. The van der Waals surface area contributed by atoms with Crippen molar-refractivity contribution in [2.75, 3.05) is 5.75 Å². The van der Waals surface area contributed by atoms with Crippen molar-refractivity contribution in [1.29, 1.82) is 0 Å². The Morgan fingerprint density at radius 2 is 2.00 bits per heavy atom. The Balaban J connectivity index is 4.34. The highest BCUT2D eigenvalue weighted by atomic mass is 32.2. The molecule has 13 heavy (non-hydrogen) atoms. The number of rotatable bonds is 4. The molecule has 0 bridgehead atoms. The smallest absolute Gasteiger partial charge is 0.282 e. The Hall–Kier alpha value is -0.0300. The van der Waals surface area contributed by atoms with E-state index >= 15 is 0 Å². The van der Waals surface area contributed by atoms with Crippen LogP contribution in [0.5, 0.6) is 0 Å². The Labute approximate surface area is 82.5 Å². The average molecular weight is 225 g/mol. The maximum Gasteiger partial charge on any atom is 0.300 e. The summed E-state index contributed by atoms with van der Waals surface area (Å²) >= 11 is 1.44. The molecule has 1 amide bonds. The van der Waals surface area contributed by atoms with Crippen molar-refractivity contribution in [2.45, 2.75) is 25.5 Å². The molecule has 0 fully saturated rings. The van der Waals surface area contributed by atoms with Crippen LogP contribution in [-0.4, -0.2) is 16.4 Å². The van der Waals surface area contributed by atoms with Gasteiger partial charge >= 0.3 is 0 Å². The summed E-state index contributed by atoms with van der Waals surface area (Å²) in [4.78, 5) is 11.4. The van der Waals surface area contributed by atoms with Crippen LogP contribution in [-0.2, 0) is 9.36 Å². The molecule has 0 atom stereocenters. The van der Waals surface area contributed by atoms with Gasteiger partial charge in [0.1, 0.15) is 0 Å². The number of carbonyl (C=O) groups is 1. The number of nitrogens with two attached hydrogens (primary N) is 2. The number of carbonyl (C=O) groups excluding carboxylic acids is 1. The predicted molar refractivity (Wildman–Crippen MR) is 56.3 cm³/mol. The van der Waals surface area contributed by atoms with Crippen molar-refractivity contribution in [3.63, 3.8) is 0 Å². The Bertz CT molecular complexity index is 238. The van der Waals surface area contributed by atoms with Gasteiger partial charge in [-0.3, -0.25) is 25.5 Å². The Morgan fingerprint density at radius 1 is 1.54 bits per heavy atom. The molecule has 5 N–H and O–H groups in total. The molecule has 0 aliphatic heterocycles. The van der Waals surface area contributed by atoms with E-state index in [0.29, 0.717) is 0 Å². The summed E-state index contributed by atoms with van der Waals surface area (Å²) in [6.45, 7) is 5.39. The third kappa shape index (κ3) is 5.31. The molecule has 0 radical (unpaired) electrons. The van der Waals surface area contributed by atoms with Crippen molar-refractivity contribution < 1.29 is 9.36 Å². The second-order valence-electron chi connectivity index (χ2n) is 3.09. The fourth-order valence-corrected chi connectivity index (χ4v) is 2.30. The number of hydrogen-bond acceptors (Lipinski definition) is 3. The monoisotopic (exact) mass is 225 g/mol. The minimum atomic E-state index is -3.45. The first-order valence-electron chi connectivity index (χ1n) is 3.83. The van der Waals surface area contributed by atoms with Gasteiger partial charge in [0.05, 0.1) is 4.75 Å². The molecule has 5 nitrogen and oxygen atoms in total. The predicted octanol–water partition coefficient (Wildman–Crippen LogP) is 0.660. The molecule has 0 aliphatic rings. The van der Waals surface area contributed by atoms with Gasteiger partial charge in [-0.15, -0.1) is 11.8 Å². The molecule has 0 aromatic heterocycles. The molecule has 0 unspecified atom stereocenters. The van der Waals surface area contributed by atoms with Crippen molar-refractivity contribution >= 4 is 25.3 Å². The van der Waals surface area contributed by atoms with E-state index in [1.165, 1.54) is 11.8 Å². The van der Waals surface area contributed by atoms with Gasteiger partial charge in [-0.25, -0.2) is 0 Å². The lowest BCUT2D eigenvalue weighted by Gasteiger charge is -2.23. The molecule has 0 saturated carbocycles. The summed E-state index contributed by atoms with van der Waals surface area (Å²) in [5, 5.41) is 2.10. The van der Waals surface area contributed by atoms with Gasteiger partial charge in [-0.2, -0.15) is 0 Å². The summed E-state index contributed by atoms with van der Waals surface area (Å²) < 4.78 is 10.2. The van der Waals surface area contributed by atoms with Gasteiger partial charge in [-0.1, -0.05) is 6.92 Å². The van der Waals surface area contributed by atoms with Gasteiger partial charge in [0.25, 0.3) is 7.59 Å². The zero-order chi connectivity index (χ0) is 10.7. The van der Waals surface area contributed by atoms with Crippen LogP contribution in [0.25, 0.3) is 0 Å². The van der Waals surface area contributed by atoms with Crippen LogP contribution in [0, 0.1) is 0 Å². The number of hydrogen-bond donors (Lipinski definition) is 3. The van der Waals surface area contributed by atoms with E-state index in [2.05, 4.69) is 5.09 Å². The lowest BCUT2D eigenvalue weighted by Crippen LogP contribution is -2.41. The van der Waals surface area contributed by atoms with Gasteiger partial charge in [0.15, 0.2) is 0 Å². The van der Waals surface area contributed by atoms with Crippen molar-refractivity contribution in [3.8, 4) is 0 Å². The van der Waals surface area contributed by atoms with E-state index in [4.69, 9.17) is 11.0 Å². The second kappa shape index (κ2) is 4.46. The maximum atomic E-state index is 11.4. The molecule has 0 aromatic rings. The molecule has 0 heterocycles. The third-order valence-corrected chi connectivity index (χ3v) is 3.08. The Kier molecular flexibility index (Phi) is 4.45. The summed E-state index contributed by atoms with van der Waals surface area (Å²) in [6.07, 6.45) is 0. The summed E-state index contributed by atoms with van der Waals surface area (Å²) in [7, 11) is -3.45. The summed E-state index contributed by atoms with van der Waals surface area (Å²) in [5.74, 6) is 0.396. The fraction of sp³-hybridized carbons (Fsp3) is 0.833. The Morgan fingerprint density at radius 3 is 2.31 bits per heavy atom. The van der Waals surface area contributed by atoms with E-state index in [1.54, 1.807) is 13.8 Å². The lowest BCUT2D eigenvalue weighted by atomic mass is 10.2. The molecular formula is C6H16N3O2PS. The molecule has 78 valence electrons. The van der Waals surface area contributed by atoms with Crippen LogP contribution in [0.1, 0.15) is 20.8 Å². The van der Waals surface area contributed by atoms with E-state index < -0.39 is 18.2 Å². The maximum absolute atomic E-state index is 11.4. The first kappa shape index (κ1) is 13.0. The summed E-state index contributed by atoms with van der Waals surface area (Å²) in [5.41, 5.74) is 10.0. The number of amides is 1. The molecular weight excluding hydrogens is 209 g/mol. The second-order valence-corrected chi connectivity index (χ2v) is 6.62. The highest BCUT2D eigenvalue weighted by Crippen LogP contribution is 2.28. The minimum absolute atomic E-state index is 0.396. The first-order chi connectivity index (χ1) is 5.69. The van der Waals surface area contributed by atoms with Crippen molar-refractivity contribution in [1.82, 2.24) is 5.09 Å². The standard InChI is InChI=1S/C6H16N3O2PS/c1-4-13-6(2,3)5(10)9-12(7,8)11/h4H2,1-3H3,(H5,7,8,9,10,11). The minimum Gasteiger partial charge on any atom is -0.282 e. The highest BCUT2D eigenvalue weighted by Gasteiger charge is 2.30. The van der Waals surface area contributed by atoms with Crippen molar-refractivity contribution in [3.05, 3.63) is 0 Å². The third-order valence-electron chi connectivity index (χ3n) is 1.33. The van der Waals surface area contributed by atoms with Crippen LogP contribution >= 0.6 is 19.4 Å². The molecule has 0 saturated heterocycles. The van der Waals surface area contributed by atoms with Crippen LogP contribution < -0.4 is 16.1 Å². The van der Waals surface area contributed by atoms with E-state index in [1.807, 2.05) is 6.92 Å². The first-order valence-corrected chi connectivity index (χ1v) is 6.66. The molecule has 0 aliphatic carbocycles. The molecule has 7 heteroatoms. The average Bonchev–Trinajstić information content (AvgIpc) is 1.82. The van der Waals surface area contributed by atoms with Crippen LogP contribution in [0.2, 0.25) is 0 Å². The quantitative estimate of drug-likeness (QED) is 0.610. The van der Waals surface area contributed by atoms with Crippen molar-refractivity contribution in [2.24, 2.45) is 11.0 Å². The zero-order valence-electron chi connectivity index (χ0n) is 8.03. The fourth-order valence-electron chi connectivity index (χ4n) is 0.720. The number of thioether (sulfide) groups is 1. The van der Waals surface area contributed by atoms with E-state index in [0.717, 1.165) is 5.75 Å². The SMILES string of the molecule is CCSC(C)(C)C(=O)NP(N)(N)=O. The number of nitrogens with one attached hydrogen (secondary N) is 1. The highest BCUT2D eigenvalue weighted by molar-refractivity contribution is 8.01. The van der Waals surface area contributed by atoms with Gasteiger partial charge < -0.3 is 0 Å². The van der Waals surface area contributed by atoms with Gasteiger partial charge in [0.2, 0.25) is 5.91 Å². The van der Waals surface area contributed by atoms with E-state index in [9.17, 15) is 9.36 Å². The molecule has 0 aromatic carbocycles. The van der Waals surface area contributed by atoms with Gasteiger partial charge in [-0.05, 0) is 19.6 Å². The summed E-state index contributed by atoms with van der Waals surface area (Å²) in [6, 6.07) is 0. The van der Waals surface area contributed by atoms with Gasteiger partial charge in [0, 0.05) is 0 Å². The lowest BCUT2D eigenvalue weighted by molar-refractivity contribution is -0.120.